The van der Waals surface area contributed by atoms with E-state index in [1.165, 1.54) is 0 Å². The van der Waals surface area contributed by atoms with Crippen LogP contribution in [-0.2, 0) is 6.50 Å². The maximum absolute atomic E-state index is 7.48. The second kappa shape index (κ2) is 2.35. The van der Waals surface area contributed by atoms with Crippen molar-refractivity contribution >= 4 is 15.9 Å². The zero-order valence-electron chi connectivity index (χ0n) is 11.8. The van der Waals surface area contributed by atoms with Crippen LogP contribution >= 0.6 is 15.9 Å². The molecule has 0 saturated heterocycles. The summed E-state index contributed by atoms with van der Waals surface area (Å²) in [5, 5.41) is 0. The highest BCUT2D eigenvalue weighted by molar-refractivity contribution is 9.10. The molecule has 1 nitrogen and oxygen atoms in total. The van der Waals surface area contributed by atoms with E-state index in [9.17, 15) is 0 Å². The normalized spacial score (nSPS) is 27.6. The van der Waals surface area contributed by atoms with Crippen LogP contribution in [0.4, 0.5) is 0 Å². The molecule has 0 aliphatic heterocycles. The lowest BCUT2D eigenvalue weighted by molar-refractivity contribution is 0.768. The molecule has 1 aromatic rings. The summed E-state index contributed by atoms with van der Waals surface area (Å²) < 4.78 is 58.5. The molecule has 0 aliphatic carbocycles. The molecule has 1 rings (SSSR count). The van der Waals surface area contributed by atoms with Crippen molar-refractivity contribution in [3.05, 3.63) is 22.9 Å². The molecule has 0 aliphatic rings. The van der Waals surface area contributed by atoms with E-state index in [4.69, 9.17) is 11.0 Å². The standard InChI is InChI=1S/C6H8BrN/c1-2-8-4-3-6(7)5-8/h3-5H,2H2,1H3/i1D3,2D2,3D,4D,5D. The molecule has 8 heavy (non-hydrogen) atoms. The van der Waals surface area contributed by atoms with Crippen LogP contribution in [0.3, 0.4) is 0 Å². The van der Waals surface area contributed by atoms with Crippen molar-refractivity contribution < 1.29 is 11.0 Å². The Kier molecular flexibility index (Phi) is 0.420. The van der Waals surface area contributed by atoms with Crippen LogP contribution in [0, 0.1) is 0 Å². The van der Waals surface area contributed by atoms with Gasteiger partial charge in [-0.25, -0.2) is 0 Å². The third kappa shape index (κ3) is 1.13. The Bertz CT molecular complexity index is 394. The van der Waals surface area contributed by atoms with E-state index >= 15 is 0 Å². The van der Waals surface area contributed by atoms with Gasteiger partial charge in [-0.15, -0.1) is 0 Å². The fourth-order valence-corrected chi connectivity index (χ4v) is 0.581. The van der Waals surface area contributed by atoms with Gasteiger partial charge in [-0.3, -0.25) is 0 Å². The third-order valence-electron chi connectivity index (χ3n) is 0.599. The summed E-state index contributed by atoms with van der Waals surface area (Å²) in [6, 6.07) is -0.405. The van der Waals surface area contributed by atoms with E-state index in [1.54, 1.807) is 0 Å². The summed E-state index contributed by atoms with van der Waals surface area (Å²) in [6.07, 6.45) is -1.17. The van der Waals surface area contributed by atoms with Crippen molar-refractivity contribution in [1.29, 1.82) is 0 Å². The predicted octanol–water partition coefficient (Wildman–Crippen LogP) is 2.27. The number of hydrogen-bond donors (Lipinski definition) is 0. The van der Waals surface area contributed by atoms with Crippen LogP contribution in [-0.4, -0.2) is 4.57 Å². The van der Waals surface area contributed by atoms with Crippen molar-refractivity contribution in [1.82, 2.24) is 4.57 Å². The highest BCUT2D eigenvalue weighted by Crippen LogP contribution is 2.07. The molecule has 0 radical (unpaired) electrons. The molecule has 0 unspecified atom stereocenters. The summed E-state index contributed by atoms with van der Waals surface area (Å²) in [4.78, 5) is 0. The van der Waals surface area contributed by atoms with Gasteiger partial charge in [0.15, 0.2) is 0 Å². The molecule has 0 bridgehead atoms. The van der Waals surface area contributed by atoms with Gasteiger partial charge in [0.1, 0.15) is 0 Å². The quantitative estimate of drug-likeness (QED) is 0.627. The fraction of sp³-hybridized carbons (Fsp3) is 0.333. The van der Waals surface area contributed by atoms with E-state index in [-0.39, 0.29) is 4.47 Å². The van der Waals surface area contributed by atoms with Crippen LogP contribution < -0.4 is 0 Å². The van der Waals surface area contributed by atoms with E-state index in [0.717, 1.165) is 0 Å². The lowest BCUT2D eigenvalue weighted by atomic mass is 10.7. The van der Waals surface area contributed by atoms with Crippen molar-refractivity contribution in [3.63, 3.8) is 0 Å². The number of hydrogen-bond acceptors (Lipinski definition) is 0. The summed E-state index contributed by atoms with van der Waals surface area (Å²) in [5.74, 6) is 0. The molecule has 0 amide bonds. The molecule has 44 valence electrons. The highest BCUT2D eigenvalue weighted by atomic mass is 79.9. The van der Waals surface area contributed by atoms with Gasteiger partial charge in [-0.05, 0) is 28.8 Å². The largest absolute Gasteiger partial charge is 0.353 e. The SMILES string of the molecule is [2H]c1c(Br)c([2H])n(C([2H])([2H])C([2H])([2H])[2H])c1[2H]. The molecule has 0 spiro atoms. The average Bonchev–Trinajstić information content (AvgIpc) is 2.29. The molecule has 0 saturated carbocycles. The van der Waals surface area contributed by atoms with Crippen molar-refractivity contribution in [2.45, 2.75) is 13.3 Å². The van der Waals surface area contributed by atoms with Crippen LogP contribution in [0.15, 0.2) is 22.9 Å². The maximum atomic E-state index is 7.48. The monoisotopic (exact) mass is 181 g/mol. The zero-order chi connectivity index (χ0) is 12.9. The van der Waals surface area contributed by atoms with Crippen LogP contribution in [0.2, 0.25) is 0 Å². The Morgan fingerprint density at radius 3 is 3.62 bits per heavy atom. The van der Waals surface area contributed by atoms with Crippen LogP contribution in [0.25, 0.3) is 0 Å². The molecule has 1 aromatic heterocycles. The smallest absolute Gasteiger partial charge is 0.0830 e. The summed E-state index contributed by atoms with van der Waals surface area (Å²) in [6.45, 7) is -5.90. The van der Waals surface area contributed by atoms with Gasteiger partial charge in [-0.2, -0.15) is 0 Å². The van der Waals surface area contributed by atoms with E-state index in [2.05, 4.69) is 15.9 Å². The first-order chi connectivity index (χ1) is 7.01. The number of aromatic nitrogens is 1. The Balaban J connectivity index is 3.52. The lowest BCUT2D eigenvalue weighted by Crippen LogP contribution is -1.85. The zero-order valence-corrected chi connectivity index (χ0v) is 5.41. The van der Waals surface area contributed by atoms with Crippen LogP contribution in [0.5, 0.6) is 0 Å². The van der Waals surface area contributed by atoms with Gasteiger partial charge in [0, 0.05) is 30.2 Å². The van der Waals surface area contributed by atoms with Crippen molar-refractivity contribution in [2.75, 3.05) is 0 Å². The minimum atomic E-state index is -3.01. The summed E-state index contributed by atoms with van der Waals surface area (Å²) >= 11 is 2.84. The molecular weight excluding hydrogens is 166 g/mol. The van der Waals surface area contributed by atoms with Gasteiger partial charge in [0.05, 0.1) is 4.11 Å². The molecule has 2 heteroatoms. The maximum Gasteiger partial charge on any atom is 0.0830 e. The van der Waals surface area contributed by atoms with E-state index in [0.29, 0.717) is 4.57 Å². The van der Waals surface area contributed by atoms with Gasteiger partial charge < -0.3 is 4.57 Å². The van der Waals surface area contributed by atoms with Crippen molar-refractivity contribution in [3.8, 4) is 0 Å². The number of rotatable bonds is 1. The van der Waals surface area contributed by atoms with Crippen LogP contribution in [0.1, 0.15) is 17.8 Å². The second-order valence-corrected chi connectivity index (χ2v) is 1.90. The first-order valence-electron chi connectivity index (χ1n) is 5.86. The van der Waals surface area contributed by atoms with Gasteiger partial charge in [0.25, 0.3) is 0 Å². The highest BCUT2D eigenvalue weighted by Gasteiger charge is 1.86. The van der Waals surface area contributed by atoms with E-state index < -0.39 is 31.7 Å². The lowest BCUT2D eigenvalue weighted by Gasteiger charge is -1.90. The van der Waals surface area contributed by atoms with Gasteiger partial charge in [0.2, 0.25) is 0 Å². The van der Waals surface area contributed by atoms with Gasteiger partial charge >= 0.3 is 0 Å². The minimum Gasteiger partial charge on any atom is -0.353 e. The third-order valence-corrected chi connectivity index (χ3v) is 0.975. The molecule has 1 heterocycles. The molecule has 0 atom stereocenters. The fourth-order valence-electron chi connectivity index (χ4n) is 0.315. The average molecular weight is 182 g/mol. The van der Waals surface area contributed by atoms with Gasteiger partial charge in [-0.1, -0.05) is 0 Å². The summed E-state index contributed by atoms with van der Waals surface area (Å²) in [7, 11) is 0. The van der Waals surface area contributed by atoms with Crippen molar-refractivity contribution in [2.24, 2.45) is 0 Å². The topological polar surface area (TPSA) is 4.93 Å². The molecular formula is C6H8BrN. The van der Waals surface area contributed by atoms with E-state index in [1.807, 2.05) is 0 Å². The second-order valence-electron chi connectivity index (χ2n) is 1.11. The molecule has 0 N–H and O–H groups in total. The Morgan fingerprint density at radius 1 is 2.25 bits per heavy atom. The summed E-state index contributed by atoms with van der Waals surface area (Å²) in [5.41, 5.74) is 0. The first-order valence-corrected chi connectivity index (χ1v) is 2.65. The Morgan fingerprint density at radius 2 is 3.12 bits per heavy atom. The molecule has 0 aromatic carbocycles. The Labute approximate surface area is 68.7 Å². The molecule has 0 fully saturated rings. The first kappa shape index (κ1) is 1.43. The predicted molar refractivity (Wildman–Crippen MR) is 37.8 cm³/mol. The number of halogens is 1. The Hall–Kier alpha value is -0.240. The number of nitrogens with zero attached hydrogens (tertiary/aromatic N) is 1. The minimum absolute atomic E-state index is 0.0920.